The van der Waals surface area contributed by atoms with Crippen molar-refractivity contribution in [3.63, 3.8) is 0 Å². The predicted octanol–water partition coefficient (Wildman–Crippen LogP) is 0.590. The third-order valence-corrected chi connectivity index (χ3v) is 1.53. The first-order valence-corrected chi connectivity index (χ1v) is 2.94. The largest absolute Gasteiger partial charge is 0.296 e. The first kappa shape index (κ1) is 6.09. The maximum Gasteiger partial charge on any atom is 0.139 e. The lowest BCUT2D eigenvalue weighted by atomic mass is 10.2. The van der Waals surface area contributed by atoms with E-state index < -0.39 is 0 Å². The molecule has 1 aliphatic rings. The summed E-state index contributed by atoms with van der Waals surface area (Å²) in [6, 6.07) is 2.44. The third kappa shape index (κ3) is 1.02. The zero-order valence-electron chi connectivity index (χ0n) is 5.63. The van der Waals surface area contributed by atoms with E-state index in [1.54, 1.807) is 0 Å². The monoisotopic (exact) mass is 123 g/mol. The molecule has 1 aliphatic heterocycles. The molecule has 0 aliphatic carbocycles. The number of hydrogen-bond donors (Lipinski definition) is 0. The maximum atomic E-state index is 8.39. The van der Waals surface area contributed by atoms with Crippen molar-refractivity contribution in [2.45, 2.75) is 19.4 Å². The van der Waals surface area contributed by atoms with Crippen molar-refractivity contribution in [1.29, 1.82) is 5.26 Å². The summed E-state index contributed by atoms with van der Waals surface area (Å²) in [4.78, 5) is 0. The van der Waals surface area contributed by atoms with Gasteiger partial charge < -0.3 is 0 Å². The minimum Gasteiger partial charge on any atom is -0.296 e. The van der Waals surface area contributed by atoms with Gasteiger partial charge in [-0.15, -0.1) is 0 Å². The molecule has 48 valence electrons. The first-order chi connectivity index (χ1) is 4.24. The Labute approximate surface area is 54.6 Å². The number of hydrogen-bond acceptors (Lipinski definition) is 3. The standard InChI is InChI=1S/C6H9N3/c1-5-3-6(4-7)8-9(5)2/h5H,3H2,1-2H3. The van der Waals surface area contributed by atoms with Gasteiger partial charge in [0.05, 0.1) is 6.04 Å². The minimum absolute atomic E-state index is 0.402. The fourth-order valence-corrected chi connectivity index (χ4v) is 0.810. The van der Waals surface area contributed by atoms with Gasteiger partial charge in [0, 0.05) is 13.5 Å². The number of nitriles is 1. The smallest absolute Gasteiger partial charge is 0.139 e. The molecule has 0 N–H and O–H groups in total. The second-order valence-corrected chi connectivity index (χ2v) is 2.29. The summed E-state index contributed by atoms with van der Waals surface area (Å²) in [6.45, 7) is 2.05. The van der Waals surface area contributed by atoms with Crippen LogP contribution in [0.25, 0.3) is 0 Å². The highest BCUT2D eigenvalue weighted by Crippen LogP contribution is 2.10. The molecule has 1 rings (SSSR count). The van der Waals surface area contributed by atoms with Crippen molar-refractivity contribution in [3.8, 4) is 6.07 Å². The van der Waals surface area contributed by atoms with E-state index in [2.05, 4.69) is 5.10 Å². The normalized spacial score (nSPS) is 25.7. The Morgan fingerprint density at radius 2 is 2.56 bits per heavy atom. The summed E-state index contributed by atoms with van der Waals surface area (Å²) in [7, 11) is 1.88. The molecule has 0 saturated carbocycles. The molecular weight excluding hydrogens is 114 g/mol. The topological polar surface area (TPSA) is 39.4 Å². The molecule has 1 unspecified atom stereocenters. The van der Waals surface area contributed by atoms with E-state index in [9.17, 15) is 0 Å². The van der Waals surface area contributed by atoms with Crippen LogP contribution in [0.4, 0.5) is 0 Å². The molecule has 0 aromatic heterocycles. The van der Waals surface area contributed by atoms with Crippen LogP contribution >= 0.6 is 0 Å². The second kappa shape index (κ2) is 2.06. The van der Waals surface area contributed by atoms with Crippen LogP contribution < -0.4 is 0 Å². The highest BCUT2D eigenvalue weighted by Gasteiger charge is 2.17. The molecule has 3 heteroatoms. The third-order valence-electron chi connectivity index (χ3n) is 1.53. The summed E-state index contributed by atoms with van der Waals surface area (Å²) in [5.74, 6) is 0. The van der Waals surface area contributed by atoms with Gasteiger partial charge in [0.2, 0.25) is 0 Å². The van der Waals surface area contributed by atoms with Crippen LogP contribution in [-0.4, -0.2) is 23.8 Å². The highest BCUT2D eigenvalue weighted by atomic mass is 15.5. The van der Waals surface area contributed by atoms with Gasteiger partial charge in [-0.05, 0) is 6.92 Å². The number of rotatable bonds is 0. The number of hydrazone groups is 1. The summed E-state index contributed by atoms with van der Waals surface area (Å²) in [6.07, 6.45) is 0.799. The Kier molecular flexibility index (Phi) is 1.39. The lowest BCUT2D eigenvalue weighted by Crippen LogP contribution is -2.17. The van der Waals surface area contributed by atoms with E-state index in [-0.39, 0.29) is 0 Å². The van der Waals surface area contributed by atoms with Crippen LogP contribution in [0.15, 0.2) is 5.10 Å². The molecular formula is C6H9N3. The molecule has 0 spiro atoms. The Balaban J connectivity index is 2.65. The van der Waals surface area contributed by atoms with E-state index in [1.807, 2.05) is 25.0 Å². The summed E-state index contributed by atoms with van der Waals surface area (Å²) >= 11 is 0. The van der Waals surface area contributed by atoms with Crippen LogP contribution in [0.3, 0.4) is 0 Å². The molecule has 9 heavy (non-hydrogen) atoms. The van der Waals surface area contributed by atoms with Crippen molar-refractivity contribution in [3.05, 3.63) is 0 Å². The zero-order chi connectivity index (χ0) is 6.85. The van der Waals surface area contributed by atoms with Gasteiger partial charge in [0.15, 0.2) is 0 Å². The van der Waals surface area contributed by atoms with Gasteiger partial charge >= 0.3 is 0 Å². The van der Waals surface area contributed by atoms with E-state index >= 15 is 0 Å². The van der Waals surface area contributed by atoms with Crippen LogP contribution in [0.2, 0.25) is 0 Å². The van der Waals surface area contributed by atoms with Crippen molar-refractivity contribution in [1.82, 2.24) is 5.01 Å². The molecule has 0 amide bonds. The van der Waals surface area contributed by atoms with E-state index in [4.69, 9.17) is 5.26 Å². The van der Waals surface area contributed by atoms with Crippen molar-refractivity contribution < 1.29 is 0 Å². The predicted molar refractivity (Wildman–Crippen MR) is 34.9 cm³/mol. The summed E-state index contributed by atoms with van der Waals surface area (Å²) < 4.78 is 0. The molecule has 0 aromatic rings. The maximum absolute atomic E-state index is 8.39. The van der Waals surface area contributed by atoms with E-state index in [1.165, 1.54) is 0 Å². The molecule has 0 fully saturated rings. The lowest BCUT2D eigenvalue weighted by Gasteiger charge is -2.11. The quantitative estimate of drug-likeness (QED) is 0.473. The second-order valence-electron chi connectivity index (χ2n) is 2.29. The van der Waals surface area contributed by atoms with Gasteiger partial charge in [0.25, 0.3) is 0 Å². The van der Waals surface area contributed by atoms with Crippen LogP contribution in [0, 0.1) is 11.3 Å². The van der Waals surface area contributed by atoms with Gasteiger partial charge in [-0.1, -0.05) is 0 Å². The Morgan fingerprint density at radius 3 is 2.78 bits per heavy atom. The van der Waals surface area contributed by atoms with Crippen LogP contribution in [0.5, 0.6) is 0 Å². The average Bonchev–Trinajstić information content (AvgIpc) is 2.13. The minimum atomic E-state index is 0.402. The summed E-state index contributed by atoms with van der Waals surface area (Å²) in [5, 5.41) is 14.2. The number of nitrogens with zero attached hydrogens (tertiary/aromatic N) is 3. The Hall–Kier alpha value is -1.04. The van der Waals surface area contributed by atoms with Gasteiger partial charge in [-0.2, -0.15) is 10.4 Å². The van der Waals surface area contributed by atoms with Crippen molar-refractivity contribution >= 4 is 5.71 Å². The van der Waals surface area contributed by atoms with E-state index in [0.29, 0.717) is 11.8 Å². The van der Waals surface area contributed by atoms with Gasteiger partial charge in [-0.25, -0.2) is 0 Å². The zero-order valence-corrected chi connectivity index (χ0v) is 5.63. The molecule has 0 bridgehead atoms. The van der Waals surface area contributed by atoms with Crippen LogP contribution in [-0.2, 0) is 0 Å². The Bertz CT molecular complexity index is 177. The lowest BCUT2D eigenvalue weighted by molar-refractivity contribution is 0.303. The summed E-state index contributed by atoms with van der Waals surface area (Å²) in [5.41, 5.74) is 0.644. The fraction of sp³-hybridized carbons (Fsp3) is 0.667. The molecule has 1 atom stereocenters. The fourth-order valence-electron chi connectivity index (χ4n) is 0.810. The molecule has 0 aromatic carbocycles. The molecule has 0 radical (unpaired) electrons. The molecule has 3 nitrogen and oxygen atoms in total. The SMILES string of the molecule is CC1CC(C#N)=NN1C. The average molecular weight is 123 g/mol. The van der Waals surface area contributed by atoms with E-state index in [0.717, 1.165) is 6.42 Å². The van der Waals surface area contributed by atoms with Crippen molar-refractivity contribution in [2.24, 2.45) is 5.10 Å². The van der Waals surface area contributed by atoms with Gasteiger partial charge in [-0.3, -0.25) is 5.01 Å². The molecule has 0 saturated heterocycles. The highest BCUT2D eigenvalue weighted by molar-refractivity contribution is 5.99. The van der Waals surface area contributed by atoms with Gasteiger partial charge in [0.1, 0.15) is 11.8 Å². The van der Waals surface area contributed by atoms with Crippen LogP contribution in [0.1, 0.15) is 13.3 Å². The van der Waals surface area contributed by atoms with Crippen molar-refractivity contribution in [2.75, 3.05) is 7.05 Å². The first-order valence-electron chi connectivity index (χ1n) is 2.94. The molecule has 1 heterocycles. The Morgan fingerprint density at radius 1 is 1.89 bits per heavy atom.